The second-order valence-corrected chi connectivity index (χ2v) is 16.1. The predicted molar refractivity (Wildman–Crippen MR) is 177 cm³/mol. The Kier molecular flexibility index (Phi) is 13.9. The Labute approximate surface area is 258 Å². The summed E-state index contributed by atoms with van der Waals surface area (Å²) in [5.74, 6) is 0.812. The molecule has 0 fully saturated rings. The highest BCUT2D eigenvalue weighted by Gasteiger charge is 2.49. The molecule has 0 aromatic heterocycles. The molecule has 0 heterocycles. The number of hydrogen-bond donors (Lipinski definition) is 2. The van der Waals surface area contributed by atoms with Crippen molar-refractivity contribution in [3.63, 3.8) is 0 Å². The Morgan fingerprint density at radius 2 is 1.21 bits per heavy atom. The Morgan fingerprint density at radius 3 is 1.72 bits per heavy atom. The first-order chi connectivity index (χ1) is 20.9. The predicted octanol–water partition coefficient (Wildman–Crippen LogP) is 7.18. The average Bonchev–Trinajstić information content (AvgIpc) is 3.03. The third-order valence-corrected chi connectivity index (χ3v) is 12.8. The number of rotatable bonds is 18. The minimum Gasteiger partial charge on any atom is -0.497 e. The molecule has 0 saturated heterocycles. The lowest BCUT2D eigenvalue weighted by Crippen LogP contribution is -2.66. The fourth-order valence-electron chi connectivity index (χ4n) is 5.49. The number of nitrogens with zero attached hydrogens (tertiary/aromatic N) is 2. The van der Waals surface area contributed by atoms with E-state index in [2.05, 4.69) is 91.7 Å². The molecular weight excluding hydrogens is 556 g/mol. The van der Waals surface area contributed by atoms with E-state index in [-0.39, 0.29) is 5.04 Å². The van der Waals surface area contributed by atoms with Gasteiger partial charge < -0.3 is 24.3 Å². The molecule has 0 atom stereocenters. The van der Waals surface area contributed by atoms with Crippen molar-refractivity contribution >= 4 is 30.1 Å². The fraction of sp³-hybridized carbons (Fsp3) is 0.429. The van der Waals surface area contributed by atoms with Gasteiger partial charge >= 0.3 is 0 Å². The Bertz CT molecular complexity index is 1220. The lowest BCUT2D eigenvalue weighted by molar-refractivity contribution is 0.119. The van der Waals surface area contributed by atoms with Gasteiger partial charge in [0.15, 0.2) is 0 Å². The van der Waals surface area contributed by atoms with Crippen LogP contribution < -0.4 is 15.1 Å². The van der Waals surface area contributed by atoms with Crippen LogP contribution >= 0.6 is 0 Å². The zero-order chi connectivity index (χ0) is 31.0. The zero-order valence-corrected chi connectivity index (χ0v) is 27.2. The van der Waals surface area contributed by atoms with Gasteiger partial charge in [0.05, 0.1) is 13.7 Å². The quantitative estimate of drug-likeness (QED) is 0.0528. The SMILES string of the molecule is COc1ccc(COCCCC(=N\O)/C(CCCCCCO[Si](c2ccccc2)(c2ccccc2)C(C)(C)C)=N/O)cc1. The van der Waals surface area contributed by atoms with E-state index in [1.54, 1.807) is 7.11 Å². The molecule has 0 aliphatic heterocycles. The number of ether oxygens (including phenoxy) is 2. The molecule has 0 unspecified atom stereocenters. The molecule has 3 aromatic carbocycles. The maximum Gasteiger partial charge on any atom is 0.261 e. The van der Waals surface area contributed by atoms with Crippen molar-refractivity contribution in [1.29, 1.82) is 0 Å². The molecule has 8 heteroatoms. The first-order valence-electron chi connectivity index (χ1n) is 15.2. The molecule has 0 spiro atoms. The van der Waals surface area contributed by atoms with Crippen LogP contribution in [-0.4, -0.2) is 50.5 Å². The summed E-state index contributed by atoms with van der Waals surface area (Å²) >= 11 is 0. The van der Waals surface area contributed by atoms with Gasteiger partial charge in [-0.15, -0.1) is 0 Å². The number of methoxy groups -OCH3 is 1. The van der Waals surface area contributed by atoms with E-state index < -0.39 is 8.32 Å². The third-order valence-electron chi connectivity index (χ3n) is 7.75. The van der Waals surface area contributed by atoms with E-state index >= 15 is 0 Å². The van der Waals surface area contributed by atoms with E-state index in [1.807, 2.05) is 24.3 Å². The van der Waals surface area contributed by atoms with Crippen molar-refractivity contribution in [3.8, 4) is 5.75 Å². The van der Waals surface area contributed by atoms with Crippen LogP contribution in [0.15, 0.2) is 95.2 Å². The lowest BCUT2D eigenvalue weighted by atomic mass is 10.0. The number of unbranched alkanes of at least 4 members (excludes halogenated alkanes) is 3. The molecule has 0 bridgehead atoms. The Hall–Kier alpha value is -3.46. The molecule has 0 radical (unpaired) electrons. The van der Waals surface area contributed by atoms with Crippen LogP contribution in [0.2, 0.25) is 5.04 Å². The van der Waals surface area contributed by atoms with Gasteiger partial charge in [-0.1, -0.05) is 117 Å². The van der Waals surface area contributed by atoms with Gasteiger partial charge in [-0.05, 0) is 65.2 Å². The molecule has 0 aliphatic rings. The van der Waals surface area contributed by atoms with Gasteiger partial charge in [-0.3, -0.25) is 0 Å². The van der Waals surface area contributed by atoms with Crippen LogP contribution in [0.25, 0.3) is 0 Å². The Morgan fingerprint density at radius 1 is 0.674 bits per heavy atom. The molecule has 0 amide bonds. The van der Waals surface area contributed by atoms with Gasteiger partial charge in [0.1, 0.15) is 17.2 Å². The zero-order valence-electron chi connectivity index (χ0n) is 26.2. The summed E-state index contributed by atoms with van der Waals surface area (Å²) in [6.45, 7) is 8.58. The highest BCUT2D eigenvalue weighted by Crippen LogP contribution is 2.36. The molecule has 7 nitrogen and oxygen atoms in total. The first kappa shape index (κ1) is 34.0. The Balaban J connectivity index is 1.42. The smallest absolute Gasteiger partial charge is 0.261 e. The fourth-order valence-corrected chi connectivity index (χ4v) is 10.1. The summed E-state index contributed by atoms with van der Waals surface area (Å²) in [5.41, 5.74) is 1.90. The maximum absolute atomic E-state index is 9.58. The number of benzene rings is 3. The number of oxime groups is 2. The molecule has 0 saturated carbocycles. The van der Waals surface area contributed by atoms with E-state index in [0.717, 1.165) is 37.0 Å². The summed E-state index contributed by atoms with van der Waals surface area (Å²) < 4.78 is 17.9. The summed E-state index contributed by atoms with van der Waals surface area (Å²) in [6, 6.07) is 29.2. The summed E-state index contributed by atoms with van der Waals surface area (Å²) in [4.78, 5) is 0. The molecule has 3 aromatic rings. The maximum atomic E-state index is 9.58. The summed E-state index contributed by atoms with van der Waals surface area (Å²) in [7, 11) is -0.873. The van der Waals surface area contributed by atoms with E-state index in [9.17, 15) is 10.4 Å². The van der Waals surface area contributed by atoms with Crippen LogP contribution in [0.5, 0.6) is 5.75 Å². The van der Waals surface area contributed by atoms with Crippen LogP contribution in [-0.2, 0) is 15.8 Å². The molecule has 0 aliphatic carbocycles. The minimum absolute atomic E-state index is 0.0387. The highest BCUT2D eigenvalue weighted by atomic mass is 28.4. The van der Waals surface area contributed by atoms with Gasteiger partial charge in [0, 0.05) is 13.2 Å². The van der Waals surface area contributed by atoms with E-state index in [0.29, 0.717) is 50.5 Å². The van der Waals surface area contributed by atoms with Crippen LogP contribution in [0, 0.1) is 0 Å². The van der Waals surface area contributed by atoms with E-state index in [1.165, 1.54) is 10.4 Å². The second-order valence-electron chi connectivity index (χ2n) is 11.8. The molecule has 43 heavy (non-hydrogen) atoms. The molecule has 2 N–H and O–H groups in total. The lowest BCUT2D eigenvalue weighted by Gasteiger charge is -2.43. The molecule has 3 rings (SSSR count). The van der Waals surface area contributed by atoms with Crippen LogP contribution in [0.1, 0.15) is 71.3 Å². The molecule has 232 valence electrons. The second kappa shape index (κ2) is 17.6. The normalized spacial score (nSPS) is 12.8. The minimum atomic E-state index is -2.51. The van der Waals surface area contributed by atoms with Gasteiger partial charge in [0.25, 0.3) is 8.32 Å². The van der Waals surface area contributed by atoms with Gasteiger partial charge in [-0.25, -0.2) is 0 Å². The summed E-state index contributed by atoms with van der Waals surface area (Å²) in [6.07, 6.45) is 5.44. The van der Waals surface area contributed by atoms with Crippen LogP contribution in [0.4, 0.5) is 0 Å². The van der Waals surface area contributed by atoms with Crippen molar-refractivity contribution in [2.24, 2.45) is 10.3 Å². The van der Waals surface area contributed by atoms with E-state index in [4.69, 9.17) is 13.9 Å². The van der Waals surface area contributed by atoms with Crippen LogP contribution in [0.3, 0.4) is 0 Å². The van der Waals surface area contributed by atoms with Crippen molar-refractivity contribution in [2.45, 2.75) is 77.4 Å². The topological polar surface area (TPSA) is 92.9 Å². The van der Waals surface area contributed by atoms with Crippen molar-refractivity contribution in [1.82, 2.24) is 0 Å². The standard InChI is InChI=1S/C35H48N2O5Si/c1-35(2,3)43(31-16-9-7-10-17-31,32-18-11-8-12-19-32)42-27-14-6-5-13-20-33(36-38)34(37-39)21-15-26-41-28-29-22-24-30(40-4)25-23-29/h7-12,16-19,22-25,38-39H,5-6,13-15,20-21,26-28H2,1-4H3/b36-33+,37-34+. The summed E-state index contributed by atoms with van der Waals surface area (Å²) in [5, 5.41) is 28.5. The van der Waals surface area contributed by atoms with Crippen molar-refractivity contribution in [3.05, 3.63) is 90.5 Å². The monoisotopic (exact) mass is 604 g/mol. The van der Waals surface area contributed by atoms with Gasteiger partial charge in [-0.2, -0.15) is 0 Å². The number of hydrogen-bond acceptors (Lipinski definition) is 7. The highest BCUT2D eigenvalue weighted by molar-refractivity contribution is 6.99. The first-order valence-corrected chi connectivity index (χ1v) is 17.1. The van der Waals surface area contributed by atoms with Gasteiger partial charge in [0.2, 0.25) is 0 Å². The third kappa shape index (κ3) is 9.78. The molecular formula is C35H48N2O5Si. The van der Waals surface area contributed by atoms with Crippen molar-refractivity contribution in [2.75, 3.05) is 20.3 Å². The average molecular weight is 605 g/mol. The largest absolute Gasteiger partial charge is 0.497 e. The van der Waals surface area contributed by atoms with Crippen molar-refractivity contribution < 1.29 is 24.3 Å².